The van der Waals surface area contributed by atoms with Crippen molar-refractivity contribution in [2.75, 3.05) is 0 Å². The molecule has 1 fully saturated rings. The van der Waals surface area contributed by atoms with E-state index in [4.69, 9.17) is 5.73 Å². The summed E-state index contributed by atoms with van der Waals surface area (Å²) in [7, 11) is 0. The van der Waals surface area contributed by atoms with E-state index in [0.29, 0.717) is 17.4 Å². The molecule has 0 amide bonds. The van der Waals surface area contributed by atoms with Gasteiger partial charge in [0.25, 0.3) is 0 Å². The van der Waals surface area contributed by atoms with E-state index in [1.54, 1.807) is 0 Å². The summed E-state index contributed by atoms with van der Waals surface area (Å²) in [5, 5.41) is 4.68. The topological polar surface area (TPSA) is 43.8 Å². The first-order valence-corrected chi connectivity index (χ1v) is 8.66. The zero-order valence-electron chi connectivity index (χ0n) is 14.5. The number of nitrogens with two attached hydrogens (primary N) is 1. The molecule has 1 aromatic rings. The van der Waals surface area contributed by atoms with Crippen LogP contribution in [0.25, 0.3) is 0 Å². The number of aromatic nitrogens is 2. The third-order valence-electron chi connectivity index (χ3n) is 5.31. The van der Waals surface area contributed by atoms with Crippen molar-refractivity contribution in [3.8, 4) is 0 Å². The number of rotatable bonds is 4. The van der Waals surface area contributed by atoms with Crippen LogP contribution in [0.4, 0.5) is 0 Å². The second kappa shape index (κ2) is 6.51. The van der Waals surface area contributed by atoms with Crippen LogP contribution in [0, 0.1) is 17.3 Å². The van der Waals surface area contributed by atoms with Crippen molar-refractivity contribution >= 4 is 0 Å². The molecule has 21 heavy (non-hydrogen) atoms. The van der Waals surface area contributed by atoms with E-state index in [-0.39, 0.29) is 0 Å². The first-order valence-electron chi connectivity index (χ1n) is 8.66. The van der Waals surface area contributed by atoms with Crippen molar-refractivity contribution in [1.82, 2.24) is 9.78 Å². The van der Waals surface area contributed by atoms with Crippen LogP contribution in [-0.4, -0.2) is 15.8 Å². The molecule has 2 N–H and O–H groups in total. The fourth-order valence-electron chi connectivity index (χ4n) is 3.70. The molecular formula is C18H33N3. The van der Waals surface area contributed by atoms with Gasteiger partial charge in [0.1, 0.15) is 0 Å². The number of hydrogen-bond donors (Lipinski definition) is 1. The second-order valence-corrected chi connectivity index (χ2v) is 7.80. The zero-order valence-corrected chi connectivity index (χ0v) is 14.5. The van der Waals surface area contributed by atoms with Crippen LogP contribution in [0.2, 0.25) is 0 Å². The Morgan fingerprint density at radius 3 is 2.57 bits per heavy atom. The minimum absolute atomic E-state index is 0.355. The van der Waals surface area contributed by atoms with Gasteiger partial charge >= 0.3 is 0 Å². The maximum Gasteiger partial charge on any atom is 0.0624 e. The molecule has 3 nitrogen and oxygen atoms in total. The Kier molecular flexibility index (Phi) is 5.13. The zero-order chi connectivity index (χ0) is 15.6. The largest absolute Gasteiger partial charge is 0.327 e. The minimum Gasteiger partial charge on any atom is -0.327 e. The third kappa shape index (κ3) is 3.88. The highest BCUT2D eigenvalue weighted by Gasteiger charge is 2.34. The van der Waals surface area contributed by atoms with Crippen LogP contribution in [0.15, 0.2) is 6.07 Å². The lowest BCUT2D eigenvalue weighted by atomic mass is 9.67. The molecule has 120 valence electrons. The van der Waals surface area contributed by atoms with Crippen LogP contribution in [-0.2, 0) is 19.4 Å². The fraction of sp³-hybridized carbons (Fsp3) is 0.833. The van der Waals surface area contributed by atoms with Crippen molar-refractivity contribution in [2.24, 2.45) is 23.0 Å². The molecule has 0 bridgehead atoms. The van der Waals surface area contributed by atoms with Crippen molar-refractivity contribution in [3.63, 3.8) is 0 Å². The van der Waals surface area contributed by atoms with Gasteiger partial charge in [0.15, 0.2) is 0 Å². The quantitative estimate of drug-likeness (QED) is 0.917. The van der Waals surface area contributed by atoms with E-state index in [9.17, 15) is 0 Å². The summed E-state index contributed by atoms with van der Waals surface area (Å²) in [4.78, 5) is 0. The molecule has 1 saturated carbocycles. The predicted octanol–water partition coefficient (Wildman–Crippen LogP) is 3.80. The average Bonchev–Trinajstić information content (AvgIpc) is 2.82. The van der Waals surface area contributed by atoms with E-state index < -0.39 is 0 Å². The lowest BCUT2D eigenvalue weighted by Gasteiger charge is -2.40. The molecule has 0 aliphatic heterocycles. The third-order valence-corrected chi connectivity index (χ3v) is 5.31. The second-order valence-electron chi connectivity index (χ2n) is 7.80. The molecule has 2 rings (SSSR count). The van der Waals surface area contributed by atoms with Gasteiger partial charge in [0.2, 0.25) is 0 Å². The van der Waals surface area contributed by atoms with Crippen molar-refractivity contribution in [1.29, 1.82) is 0 Å². The summed E-state index contributed by atoms with van der Waals surface area (Å²) < 4.78 is 2.17. The first kappa shape index (κ1) is 16.5. The Morgan fingerprint density at radius 2 is 2.00 bits per heavy atom. The van der Waals surface area contributed by atoms with Gasteiger partial charge in [-0.3, -0.25) is 4.68 Å². The van der Waals surface area contributed by atoms with Crippen molar-refractivity contribution in [2.45, 2.75) is 79.3 Å². The molecule has 0 saturated heterocycles. The van der Waals surface area contributed by atoms with Crippen LogP contribution in [0.5, 0.6) is 0 Å². The van der Waals surface area contributed by atoms with Crippen LogP contribution >= 0.6 is 0 Å². The van der Waals surface area contributed by atoms with Gasteiger partial charge < -0.3 is 5.73 Å². The monoisotopic (exact) mass is 291 g/mol. The van der Waals surface area contributed by atoms with Crippen LogP contribution < -0.4 is 5.73 Å². The molecular weight excluding hydrogens is 258 g/mol. The predicted molar refractivity (Wildman–Crippen MR) is 89.2 cm³/mol. The highest BCUT2D eigenvalue weighted by Crippen LogP contribution is 2.40. The van der Waals surface area contributed by atoms with E-state index in [0.717, 1.165) is 25.3 Å². The summed E-state index contributed by atoms with van der Waals surface area (Å²) >= 11 is 0. The number of hydrogen-bond acceptors (Lipinski definition) is 2. The maximum atomic E-state index is 6.43. The Morgan fingerprint density at radius 1 is 1.29 bits per heavy atom. The van der Waals surface area contributed by atoms with Crippen molar-refractivity contribution in [3.05, 3.63) is 17.5 Å². The van der Waals surface area contributed by atoms with Crippen LogP contribution in [0.1, 0.15) is 65.3 Å². The molecule has 3 heteroatoms. The number of aryl methyl sites for hydroxylation is 2. The van der Waals surface area contributed by atoms with Gasteiger partial charge in [-0.25, -0.2) is 0 Å². The van der Waals surface area contributed by atoms with Gasteiger partial charge in [0, 0.05) is 18.3 Å². The fourth-order valence-corrected chi connectivity index (χ4v) is 3.70. The molecule has 1 aliphatic carbocycles. The van der Waals surface area contributed by atoms with Gasteiger partial charge in [-0.1, -0.05) is 27.7 Å². The van der Waals surface area contributed by atoms with Gasteiger partial charge in [0.05, 0.1) is 5.69 Å². The Balaban J connectivity index is 2.11. The lowest BCUT2D eigenvalue weighted by Crippen LogP contribution is -2.40. The molecule has 1 aliphatic rings. The van der Waals surface area contributed by atoms with E-state index >= 15 is 0 Å². The SMILES string of the molecule is CCc1cc(CC2CC(C(C)(C)C)CCC2N)n(CC)n1. The summed E-state index contributed by atoms with van der Waals surface area (Å²) in [6, 6.07) is 2.64. The smallest absolute Gasteiger partial charge is 0.0624 e. The summed E-state index contributed by atoms with van der Waals surface area (Å²) in [5.41, 5.74) is 9.42. The van der Waals surface area contributed by atoms with Crippen LogP contribution in [0.3, 0.4) is 0 Å². The lowest BCUT2D eigenvalue weighted by molar-refractivity contribution is 0.125. The molecule has 3 unspecified atom stereocenters. The molecule has 0 radical (unpaired) electrons. The van der Waals surface area contributed by atoms with Gasteiger partial charge in [-0.05, 0) is 62.3 Å². The van der Waals surface area contributed by atoms with E-state index in [2.05, 4.69) is 50.5 Å². The molecule has 1 aromatic heterocycles. The van der Waals surface area contributed by atoms with Gasteiger partial charge in [-0.2, -0.15) is 5.10 Å². The van der Waals surface area contributed by atoms with E-state index in [1.165, 1.54) is 30.7 Å². The molecule has 0 spiro atoms. The average molecular weight is 291 g/mol. The standard InChI is InChI=1S/C18H33N3/c1-6-15-12-16(21(7-2)20-15)11-13-10-14(18(3,4)5)8-9-17(13)19/h12-14,17H,6-11,19H2,1-5H3. The first-order chi connectivity index (χ1) is 9.85. The summed E-state index contributed by atoms with van der Waals surface area (Å²) in [5.74, 6) is 1.40. The summed E-state index contributed by atoms with van der Waals surface area (Å²) in [6.07, 6.45) is 5.83. The summed E-state index contributed by atoms with van der Waals surface area (Å²) in [6.45, 7) is 12.4. The Bertz CT molecular complexity index is 456. The molecule has 0 aromatic carbocycles. The molecule has 1 heterocycles. The van der Waals surface area contributed by atoms with Crippen molar-refractivity contribution < 1.29 is 0 Å². The maximum absolute atomic E-state index is 6.43. The van der Waals surface area contributed by atoms with Gasteiger partial charge in [-0.15, -0.1) is 0 Å². The Hall–Kier alpha value is -0.830. The highest BCUT2D eigenvalue weighted by molar-refractivity contribution is 5.12. The number of nitrogens with zero attached hydrogens (tertiary/aromatic N) is 2. The highest BCUT2D eigenvalue weighted by atomic mass is 15.3. The Labute approximate surface area is 130 Å². The minimum atomic E-state index is 0.355. The van der Waals surface area contributed by atoms with E-state index in [1.807, 2.05) is 0 Å². The normalized spacial score (nSPS) is 27.0. The molecule has 3 atom stereocenters.